The van der Waals surface area contributed by atoms with Crippen molar-refractivity contribution in [2.45, 2.75) is 0 Å². The van der Waals surface area contributed by atoms with Gasteiger partial charge in [0, 0.05) is 12.4 Å². The van der Waals surface area contributed by atoms with Gasteiger partial charge in [0.05, 0.1) is 0 Å². The molecule has 0 unspecified atom stereocenters. The van der Waals surface area contributed by atoms with Gasteiger partial charge < -0.3 is 4.74 Å². The summed E-state index contributed by atoms with van der Waals surface area (Å²) >= 11 is 0. The summed E-state index contributed by atoms with van der Waals surface area (Å²) in [5.41, 5.74) is 0. The SMILES string of the molecule is O=C(COc1ccc(F)cc1)n1ccnc1. The molecule has 0 fully saturated rings. The van der Waals surface area contributed by atoms with Crippen LogP contribution in [0.3, 0.4) is 0 Å². The molecule has 0 N–H and O–H groups in total. The first-order valence-corrected chi connectivity index (χ1v) is 4.65. The molecule has 5 heteroatoms. The van der Waals surface area contributed by atoms with Gasteiger partial charge in [-0.3, -0.25) is 9.36 Å². The maximum Gasteiger partial charge on any atom is 0.269 e. The molecule has 0 bridgehead atoms. The minimum absolute atomic E-state index is 0.109. The van der Waals surface area contributed by atoms with Crippen LogP contribution in [0, 0.1) is 5.82 Å². The molecule has 0 aliphatic heterocycles. The first-order valence-electron chi connectivity index (χ1n) is 4.65. The summed E-state index contributed by atoms with van der Waals surface area (Å²) in [6, 6.07) is 5.49. The van der Waals surface area contributed by atoms with Crippen molar-refractivity contribution in [3.8, 4) is 5.75 Å². The van der Waals surface area contributed by atoms with Gasteiger partial charge in [-0.05, 0) is 24.3 Å². The number of aromatic nitrogens is 2. The van der Waals surface area contributed by atoms with Crippen molar-refractivity contribution in [3.63, 3.8) is 0 Å². The second-order valence-electron chi connectivity index (χ2n) is 3.11. The lowest BCUT2D eigenvalue weighted by Gasteiger charge is -2.05. The maximum atomic E-state index is 12.6. The number of benzene rings is 1. The molecule has 0 aliphatic carbocycles. The molecule has 0 saturated heterocycles. The molecule has 1 aromatic heterocycles. The van der Waals surface area contributed by atoms with Crippen molar-refractivity contribution in [2.75, 3.05) is 6.61 Å². The van der Waals surface area contributed by atoms with E-state index in [2.05, 4.69) is 4.98 Å². The first kappa shape index (κ1) is 10.4. The van der Waals surface area contributed by atoms with Crippen molar-refractivity contribution in [1.82, 2.24) is 9.55 Å². The second-order valence-corrected chi connectivity index (χ2v) is 3.11. The van der Waals surface area contributed by atoms with Gasteiger partial charge in [-0.25, -0.2) is 9.37 Å². The van der Waals surface area contributed by atoms with E-state index in [9.17, 15) is 9.18 Å². The highest BCUT2D eigenvalue weighted by molar-refractivity contribution is 5.80. The summed E-state index contributed by atoms with van der Waals surface area (Å²) in [5, 5.41) is 0. The highest BCUT2D eigenvalue weighted by Gasteiger charge is 2.04. The van der Waals surface area contributed by atoms with Crippen LogP contribution >= 0.6 is 0 Å². The van der Waals surface area contributed by atoms with Crippen LogP contribution in [0.1, 0.15) is 4.79 Å². The molecule has 2 rings (SSSR count). The van der Waals surface area contributed by atoms with Gasteiger partial charge in [-0.2, -0.15) is 0 Å². The van der Waals surface area contributed by atoms with Crippen LogP contribution in [-0.4, -0.2) is 22.1 Å². The molecule has 0 atom stereocenters. The van der Waals surface area contributed by atoms with Crippen LogP contribution in [0.25, 0.3) is 0 Å². The molecule has 0 spiro atoms. The van der Waals surface area contributed by atoms with E-state index < -0.39 is 0 Å². The molecule has 2 aromatic rings. The molecule has 0 radical (unpaired) electrons. The largest absolute Gasteiger partial charge is 0.484 e. The Morgan fingerprint density at radius 3 is 2.75 bits per heavy atom. The van der Waals surface area contributed by atoms with Crippen LogP contribution in [0.15, 0.2) is 43.0 Å². The Balaban J connectivity index is 1.93. The Hall–Kier alpha value is -2.17. The normalized spacial score (nSPS) is 10.1. The molecule has 0 saturated carbocycles. The van der Waals surface area contributed by atoms with Gasteiger partial charge in [-0.15, -0.1) is 0 Å². The van der Waals surface area contributed by atoms with Gasteiger partial charge in [0.2, 0.25) is 0 Å². The van der Waals surface area contributed by atoms with Gasteiger partial charge in [-0.1, -0.05) is 0 Å². The standard InChI is InChI=1S/C11H9FN2O2/c12-9-1-3-10(4-2-9)16-7-11(15)14-6-5-13-8-14/h1-6,8H,7H2. The third-order valence-electron chi connectivity index (χ3n) is 1.97. The monoisotopic (exact) mass is 220 g/mol. The Kier molecular flexibility index (Phi) is 2.95. The molecule has 0 aliphatic rings. The highest BCUT2D eigenvalue weighted by Crippen LogP contribution is 2.10. The smallest absolute Gasteiger partial charge is 0.269 e. The highest BCUT2D eigenvalue weighted by atomic mass is 19.1. The fourth-order valence-electron chi connectivity index (χ4n) is 1.16. The number of nitrogens with zero attached hydrogens (tertiary/aromatic N) is 2. The van der Waals surface area contributed by atoms with E-state index >= 15 is 0 Å². The van der Waals surface area contributed by atoms with E-state index in [1.54, 1.807) is 0 Å². The number of ether oxygens (including phenoxy) is 1. The Morgan fingerprint density at radius 1 is 1.38 bits per heavy atom. The topological polar surface area (TPSA) is 44.1 Å². The van der Waals surface area contributed by atoms with Crippen LogP contribution in [0.5, 0.6) is 5.75 Å². The number of carbonyl (C=O) groups excluding carboxylic acids is 1. The number of halogens is 1. The number of rotatable bonds is 3. The zero-order valence-electron chi connectivity index (χ0n) is 8.34. The lowest BCUT2D eigenvalue weighted by Crippen LogP contribution is -2.17. The van der Waals surface area contributed by atoms with Gasteiger partial charge >= 0.3 is 0 Å². The Bertz CT molecular complexity index is 465. The summed E-state index contributed by atoms with van der Waals surface area (Å²) in [6.07, 6.45) is 4.45. The number of hydrogen-bond donors (Lipinski definition) is 0. The van der Waals surface area contributed by atoms with Crippen LogP contribution in [0.4, 0.5) is 4.39 Å². The summed E-state index contributed by atoms with van der Waals surface area (Å²) < 4.78 is 19.1. The average Bonchev–Trinajstić information content (AvgIpc) is 2.81. The van der Waals surface area contributed by atoms with E-state index in [0.717, 1.165) is 0 Å². The lowest BCUT2D eigenvalue weighted by atomic mass is 10.3. The summed E-state index contributed by atoms with van der Waals surface area (Å²) in [6.45, 7) is -0.109. The molecule has 0 amide bonds. The van der Waals surface area contributed by atoms with Crippen LogP contribution < -0.4 is 4.74 Å². The molecule has 1 heterocycles. The van der Waals surface area contributed by atoms with Gasteiger partial charge in [0.1, 0.15) is 17.9 Å². The van der Waals surface area contributed by atoms with Crippen molar-refractivity contribution < 1.29 is 13.9 Å². The summed E-state index contributed by atoms with van der Waals surface area (Å²) in [5.74, 6) is -0.120. The van der Waals surface area contributed by atoms with Crippen molar-refractivity contribution in [2.24, 2.45) is 0 Å². The molecule has 1 aromatic carbocycles. The second kappa shape index (κ2) is 4.57. The quantitative estimate of drug-likeness (QED) is 0.791. The lowest BCUT2D eigenvalue weighted by molar-refractivity contribution is 0.0837. The van der Waals surface area contributed by atoms with Crippen LogP contribution in [0.2, 0.25) is 0 Å². The van der Waals surface area contributed by atoms with Crippen molar-refractivity contribution in [3.05, 3.63) is 48.8 Å². The zero-order valence-corrected chi connectivity index (χ0v) is 8.34. The van der Waals surface area contributed by atoms with E-state index in [0.29, 0.717) is 5.75 Å². The van der Waals surface area contributed by atoms with Gasteiger partial charge in [0.25, 0.3) is 5.91 Å². The van der Waals surface area contributed by atoms with Crippen molar-refractivity contribution >= 4 is 5.91 Å². The third-order valence-corrected chi connectivity index (χ3v) is 1.97. The van der Waals surface area contributed by atoms with E-state index in [1.165, 1.54) is 47.6 Å². The molecule has 82 valence electrons. The zero-order chi connectivity index (χ0) is 11.4. The Labute approximate surface area is 91.3 Å². The minimum Gasteiger partial charge on any atom is -0.484 e. The minimum atomic E-state index is -0.340. The third kappa shape index (κ3) is 2.44. The average molecular weight is 220 g/mol. The number of imidazole rings is 1. The summed E-state index contributed by atoms with van der Waals surface area (Å²) in [7, 11) is 0. The number of carbonyl (C=O) groups is 1. The first-order chi connectivity index (χ1) is 7.75. The van der Waals surface area contributed by atoms with Crippen molar-refractivity contribution in [1.29, 1.82) is 0 Å². The summed E-state index contributed by atoms with van der Waals surface area (Å²) in [4.78, 5) is 15.2. The fraction of sp³-hybridized carbons (Fsp3) is 0.0909. The molecular formula is C11H9FN2O2. The fourth-order valence-corrected chi connectivity index (χ4v) is 1.16. The predicted octanol–water partition coefficient (Wildman–Crippen LogP) is 1.74. The van der Waals surface area contributed by atoms with Crippen LogP contribution in [-0.2, 0) is 0 Å². The molecular weight excluding hydrogens is 211 g/mol. The predicted molar refractivity (Wildman–Crippen MR) is 54.7 cm³/mol. The van der Waals surface area contributed by atoms with E-state index in [1.807, 2.05) is 0 Å². The van der Waals surface area contributed by atoms with Gasteiger partial charge in [0.15, 0.2) is 6.61 Å². The molecule has 16 heavy (non-hydrogen) atoms. The van der Waals surface area contributed by atoms with E-state index in [4.69, 9.17) is 4.74 Å². The molecule has 4 nitrogen and oxygen atoms in total. The van der Waals surface area contributed by atoms with E-state index in [-0.39, 0.29) is 18.3 Å². The maximum absolute atomic E-state index is 12.6. The number of hydrogen-bond acceptors (Lipinski definition) is 3. The Morgan fingerprint density at radius 2 is 2.12 bits per heavy atom.